The fourth-order valence-electron chi connectivity index (χ4n) is 1.44. The summed E-state index contributed by atoms with van der Waals surface area (Å²) < 4.78 is 10.6. The average Bonchev–Trinajstić information content (AvgIpc) is 2.27. The zero-order valence-electron chi connectivity index (χ0n) is 9.47. The van der Waals surface area contributed by atoms with Crippen LogP contribution in [-0.2, 0) is 9.53 Å². The van der Waals surface area contributed by atoms with Crippen LogP contribution in [0.4, 0.5) is 0 Å². The van der Waals surface area contributed by atoms with Gasteiger partial charge < -0.3 is 14.6 Å². The zero-order valence-corrected chi connectivity index (χ0v) is 9.47. The van der Waals surface area contributed by atoms with Crippen LogP contribution in [0.5, 0.6) is 5.75 Å². The predicted molar refractivity (Wildman–Crippen MR) is 59.6 cm³/mol. The molecule has 0 aliphatic rings. The molecule has 0 heterocycles. The Balaban J connectivity index is 3.02. The van der Waals surface area contributed by atoms with Gasteiger partial charge in [0.15, 0.2) is 6.10 Å². The van der Waals surface area contributed by atoms with Crippen molar-refractivity contribution < 1.29 is 19.4 Å². The molecule has 0 bridgehead atoms. The van der Waals surface area contributed by atoms with E-state index in [9.17, 15) is 4.79 Å². The lowest BCUT2D eigenvalue weighted by Crippen LogP contribution is -2.16. The first-order valence-electron chi connectivity index (χ1n) is 5.26. The minimum absolute atomic E-state index is 0.345. The SMILES string of the molecule is CCOc1ccccc1C(OCC)C(=O)O. The van der Waals surface area contributed by atoms with Gasteiger partial charge in [-0.1, -0.05) is 18.2 Å². The molecule has 1 atom stereocenters. The summed E-state index contributed by atoms with van der Waals surface area (Å²) in [5.41, 5.74) is 0.554. The van der Waals surface area contributed by atoms with Gasteiger partial charge in [-0.25, -0.2) is 4.79 Å². The molecule has 4 heteroatoms. The van der Waals surface area contributed by atoms with E-state index in [-0.39, 0.29) is 0 Å². The second-order valence-electron chi connectivity index (χ2n) is 3.14. The Kier molecular flexibility index (Phi) is 4.79. The lowest BCUT2D eigenvalue weighted by atomic mass is 10.1. The molecule has 88 valence electrons. The van der Waals surface area contributed by atoms with Crippen molar-refractivity contribution in [3.8, 4) is 5.75 Å². The maximum atomic E-state index is 11.1. The topological polar surface area (TPSA) is 55.8 Å². The van der Waals surface area contributed by atoms with Gasteiger partial charge in [0.25, 0.3) is 0 Å². The molecule has 0 aliphatic heterocycles. The smallest absolute Gasteiger partial charge is 0.337 e. The predicted octanol–water partition coefficient (Wildman–Crippen LogP) is 2.25. The van der Waals surface area contributed by atoms with Crippen LogP contribution in [-0.4, -0.2) is 24.3 Å². The number of carboxylic acids is 1. The summed E-state index contributed by atoms with van der Waals surface area (Å²) in [6.07, 6.45) is -0.965. The van der Waals surface area contributed by atoms with Gasteiger partial charge in [-0.2, -0.15) is 0 Å². The van der Waals surface area contributed by atoms with E-state index in [0.717, 1.165) is 0 Å². The Morgan fingerprint density at radius 3 is 2.56 bits per heavy atom. The summed E-state index contributed by atoms with van der Waals surface area (Å²) in [5.74, 6) is -0.445. The maximum Gasteiger partial charge on any atom is 0.337 e. The first-order chi connectivity index (χ1) is 7.70. The minimum Gasteiger partial charge on any atom is -0.493 e. The van der Waals surface area contributed by atoms with E-state index < -0.39 is 12.1 Å². The summed E-state index contributed by atoms with van der Waals surface area (Å²) in [5, 5.41) is 9.07. The highest BCUT2D eigenvalue weighted by Gasteiger charge is 2.23. The van der Waals surface area contributed by atoms with E-state index in [1.807, 2.05) is 6.92 Å². The molecule has 0 amide bonds. The van der Waals surface area contributed by atoms with Crippen LogP contribution in [0, 0.1) is 0 Å². The van der Waals surface area contributed by atoms with Gasteiger partial charge in [-0.05, 0) is 19.9 Å². The van der Waals surface area contributed by atoms with Crippen molar-refractivity contribution in [1.29, 1.82) is 0 Å². The number of rotatable bonds is 6. The maximum absolute atomic E-state index is 11.1. The lowest BCUT2D eigenvalue weighted by Gasteiger charge is -2.16. The standard InChI is InChI=1S/C12H16O4/c1-3-15-10-8-6-5-7-9(10)11(12(13)14)16-4-2/h5-8,11H,3-4H2,1-2H3,(H,13,14). The zero-order chi connectivity index (χ0) is 12.0. The van der Waals surface area contributed by atoms with Crippen LogP contribution < -0.4 is 4.74 Å². The molecule has 0 spiro atoms. The van der Waals surface area contributed by atoms with E-state index in [1.54, 1.807) is 31.2 Å². The highest BCUT2D eigenvalue weighted by molar-refractivity contribution is 5.75. The molecule has 16 heavy (non-hydrogen) atoms. The van der Waals surface area contributed by atoms with Crippen molar-refractivity contribution >= 4 is 5.97 Å². The van der Waals surface area contributed by atoms with E-state index in [2.05, 4.69) is 0 Å². The van der Waals surface area contributed by atoms with Crippen molar-refractivity contribution in [2.24, 2.45) is 0 Å². The van der Waals surface area contributed by atoms with E-state index in [4.69, 9.17) is 14.6 Å². The Bertz CT molecular complexity index is 349. The van der Waals surface area contributed by atoms with Crippen molar-refractivity contribution in [1.82, 2.24) is 0 Å². The van der Waals surface area contributed by atoms with Crippen LogP contribution in [0.3, 0.4) is 0 Å². The van der Waals surface area contributed by atoms with Crippen molar-refractivity contribution in [2.75, 3.05) is 13.2 Å². The molecule has 1 aromatic rings. The molecule has 1 aromatic carbocycles. The van der Waals surface area contributed by atoms with Gasteiger partial charge in [0, 0.05) is 12.2 Å². The highest BCUT2D eigenvalue weighted by Crippen LogP contribution is 2.27. The molecular formula is C12H16O4. The van der Waals surface area contributed by atoms with E-state index >= 15 is 0 Å². The van der Waals surface area contributed by atoms with Crippen LogP contribution in [0.15, 0.2) is 24.3 Å². The fraction of sp³-hybridized carbons (Fsp3) is 0.417. The van der Waals surface area contributed by atoms with Gasteiger partial charge in [0.05, 0.1) is 6.61 Å². The Morgan fingerprint density at radius 1 is 1.31 bits per heavy atom. The number of carboxylic acid groups (broad SMARTS) is 1. The van der Waals surface area contributed by atoms with Crippen molar-refractivity contribution in [2.45, 2.75) is 20.0 Å². The summed E-state index contributed by atoms with van der Waals surface area (Å²) in [4.78, 5) is 11.1. The second-order valence-corrected chi connectivity index (χ2v) is 3.14. The van der Waals surface area contributed by atoms with Crippen LogP contribution in [0.1, 0.15) is 25.5 Å². The number of para-hydroxylation sites is 1. The molecule has 0 aromatic heterocycles. The normalized spacial score (nSPS) is 12.1. The molecule has 1 rings (SSSR count). The number of hydrogen-bond donors (Lipinski definition) is 1. The second kappa shape index (κ2) is 6.12. The Labute approximate surface area is 94.8 Å². The number of hydrogen-bond acceptors (Lipinski definition) is 3. The Morgan fingerprint density at radius 2 is 2.00 bits per heavy atom. The number of carbonyl (C=O) groups is 1. The summed E-state index contributed by atoms with van der Waals surface area (Å²) >= 11 is 0. The fourth-order valence-corrected chi connectivity index (χ4v) is 1.44. The highest BCUT2D eigenvalue weighted by atomic mass is 16.5. The largest absolute Gasteiger partial charge is 0.493 e. The molecule has 4 nitrogen and oxygen atoms in total. The third-order valence-electron chi connectivity index (χ3n) is 2.06. The summed E-state index contributed by atoms with van der Waals surface area (Å²) in [7, 11) is 0. The average molecular weight is 224 g/mol. The van der Waals surface area contributed by atoms with Gasteiger partial charge in [0.1, 0.15) is 5.75 Å². The van der Waals surface area contributed by atoms with Crippen LogP contribution in [0.25, 0.3) is 0 Å². The monoisotopic (exact) mass is 224 g/mol. The van der Waals surface area contributed by atoms with E-state index in [1.165, 1.54) is 0 Å². The third kappa shape index (κ3) is 2.97. The Hall–Kier alpha value is -1.55. The van der Waals surface area contributed by atoms with Gasteiger partial charge in [0.2, 0.25) is 0 Å². The minimum atomic E-state index is -1.01. The molecule has 0 saturated carbocycles. The molecular weight excluding hydrogens is 208 g/mol. The summed E-state index contributed by atoms with van der Waals surface area (Å²) in [6.45, 7) is 4.46. The first kappa shape index (κ1) is 12.5. The quantitative estimate of drug-likeness (QED) is 0.805. The van der Waals surface area contributed by atoms with Crippen LogP contribution >= 0.6 is 0 Å². The number of ether oxygens (including phenoxy) is 2. The molecule has 0 aliphatic carbocycles. The van der Waals surface area contributed by atoms with Gasteiger partial charge in [-0.3, -0.25) is 0 Å². The third-order valence-corrected chi connectivity index (χ3v) is 2.06. The van der Waals surface area contributed by atoms with Gasteiger partial charge in [-0.15, -0.1) is 0 Å². The first-order valence-corrected chi connectivity index (χ1v) is 5.26. The lowest BCUT2D eigenvalue weighted by molar-refractivity contribution is -0.150. The molecule has 1 N–H and O–H groups in total. The number of benzene rings is 1. The molecule has 0 radical (unpaired) electrons. The molecule has 0 fully saturated rings. The van der Waals surface area contributed by atoms with E-state index in [0.29, 0.717) is 24.5 Å². The number of aliphatic carboxylic acids is 1. The summed E-state index contributed by atoms with van der Waals surface area (Å²) in [6, 6.07) is 7.03. The van der Waals surface area contributed by atoms with Crippen LogP contribution in [0.2, 0.25) is 0 Å². The molecule has 1 unspecified atom stereocenters. The van der Waals surface area contributed by atoms with Gasteiger partial charge >= 0.3 is 5.97 Å². The van der Waals surface area contributed by atoms with Crippen molar-refractivity contribution in [3.63, 3.8) is 0 Å². The van der Waals surface area contributed by atoms with Crippen molar-refractivity contribution in [3.05, 3.63) is 29.8 Å². The molecule has 0 saturated heterocycles.